The van der Waals surface area contributed by atoms with E-state index in [0.29, 0.717) is 4.31 Å². The van der Waals surface area contributed by atoms with E-state index in [4.69, 9.17) is 0 Å². The maximum absolute atomic E-state index is 13.9. The molecular weight excluding hydrogens is 500 g/mol. The molecule has 0 spiro atoms. The summed E-state index contributed by atoms with van der Waals surface area (Å²) >= 11 is 0. The molecule has 0 aliphatic heterocycles. The molecule has 0 saturated carbocycles. The first-order chi connectivity index (χ1) is 17.5. The quantitative estimate of drug-likeness (QED) is 0.436. The van der Waals surface area contributed by atoms with Crippen molar-refractivity contribution in [2.24, 2.45) is 0 Å². The second kappa shape index (κ2) is 12.0. The smallest absolute Gasteiger partial charge is 0.244 e. The van der Waals surface area contributed by atoms with Crippen molar-refractivity contribution < 1.29 is 26.8 Å². The monoisotopic (exact) mass is 529 g/mol. The highest BCUT2D eigenvalue weighted by Gasteiger charge is 2.33. The molecule has 3 aromatic rings. The van der Waals surface area contributed by atoms with Gasteiger partial charge in [0.1, 0.15) is 12.6 Å². The molecule has 7 nitrogen and oxygen atoms in total. The van der Waals surface area contributed by atoms with Crippen LogP contribution in [0.15, 0.2) is 72.8 Å². The van der Waals surface area contributed by atoms with E-state index in [0.717, 1.165) is 41.1 Å². The molecule has 0 aliphatic carbocycles. The van der Waals surface area contributed by atoms with Gasteiger partial charge in [-0.05, 0) is 35.7 Å². The molecule has 37 heavy (non-hydrogen) atoms. The van der Waals surface area contributed by atoms with Crippen molar-refractivity contribution in [1.29, 1.82) is 0 Å². The first-order valence-corrected chi connectivity index (χ1v) is 13.4. The fourth-order valence-corrected chi connectivity index (χ4v) is 4.79. The molecule has 0 bridgehead atoms. The first kappa shape index (κ1) is 27.8. The van der Waals surface area contributed by atoms with Crippen LogP contribution in [0.1, 0.15) is 16.7 Å². The number of likely N-dealkylation sites (N-methyl/N-ethyl adjacent to an activating group) is 1. The Morgan fingerprint density at radius 3 is 2.19 bits per heavy atom. The lowest BCUT2D eigenvalue weighted by atomic mass is 10.0. The summed E-state index contributed by atoms with van der Waals surface area (Å²) in [7, 11) is -2.61. The van der Waals surface area contributed by atoms with Gasteiger partial charge in [-0.25, -0.2) is 17.2 Å². The van der Waals surface area contributed by atoms with Crippen LogP contribution in [0.25, 0.3) is 0 Å². The lowest BCUT2D eigenvalue weighted by Gasteiger charge is -2.33. The Hall–Kier alpha value is -3.79. The number of anilines is 1. The van der Waals surface area contributed by atoms with E-state index >= 15 is 0 Å². The third kappa shape index (κ3) is 7.13. The molecule has 1 atom stereocenters. The number of halogens is 2. The van der Waals surface area contributed by atoms with Gasteiger partial charge < -0.3 is 10.2 Å². The van der Waals surface area contributed by atoms with Gasteiger partial charge in [-0.2, -0.15) is 0 Å². The Balaban J connectivity index is 2.05. The average molecular weight is 530 g/mol. The Bertz CT molecular complexity index is 1370. The summed E-state index contributed by atoms with van der Waals surface area (Å²) in [5.74, 6) is -3.50. The molecule has 3 aromatic carbocycles. The first-order valence-electron chi connectivity index (χ1n) is 11.5. The van der Waals surface area contributed by atoms with E-state index in [1.807, 2.05) is 55.5 Å². The van der Waals surface area contributed by atoms with Gasteiger partial charge in [0.05, 0.1) is 11.9 Å². The standard InChI is InChI=1S/C27H29F2N3O4S/c1-19-9-7-8-12-21(19)17-31(25(27(34)30-2)15-20-10-5-4-6-11-20)26(33)18-32(37(3,35)36)22-13-14-23(28)24(29)16-22/h4-14,16,25H,15,17-18H2,1-3H3,(H,30,34). The molecular formula is C27H29F2N3O4S. The number of rotatable bonds is 10. The molecule has 1 N–H and O–H groups in total. The van der Waals surface area contributed by atoms with Crippen LogP contribution in [0.2, 0.25) is 0 Å². The molecule has 3 rings (SSSR count). The van der Waals surface area contributed by atoms with Crippen molar-refractivity contribution in [2.45, 2.75) is 25.9 Å². The molecule has 0 saturated heterocycles. The number of carbonyl (C=O) groups is 2. The number of amides is 2. The third-order valence-electron chi connectivity index (χ3n) is 5.99. The van der Waals surface area contributed by atoms with Gasteiger partial charge in [-0.15, -0.1) is 0 Å². The van der Waals surface area contributed by atoms with Crippen LogP contribution in [-0.2, 0) is 32.6 Å². The lowest BCUT2D eigenvalue weighted by molar-refractivity contribution is -0.139. The molecule has 0 aromatic heterocycles. The van der Waals surface area contributed by atoms with E-state index in [9.17, 15) is 26.8 Å². The maximum atomic E-state index is 13.9. The van der Waals surface area contributed by atoms with Crippen LogP contribution in [-0.4, -0.2) is 51.0 Å². The predicted molar refractivity (Wildman–Crippen MR) is 138 cm³/mol. The minimum absolute atomic E-state index is 0.0335. The zero-order valence-corrected chi connectivity index (χ0v) is 21.6. The Morgan fingerprint density at radius 1 is 0.946 bits per heavy atom. The summed E-state index contributed by atoms with van der Waals surface area (Å²) in [5, 5.41) is 2.59. The van der Waals surface area contributed by atoms with Crippen molar-refractivity contribution in [1.82, 2.24) is 10.2 Å². The lowest BCUT2D eigenvalue weighted by Crippen LogP contribution is -2.53. The van der Waals surface area contributed by atoms with E-state index < -0.39 is 46.1 Å². The van der Waals surface area contributed by atoms with E-state index in [1.54, 1.807) is 6.07 Å². The van der Waals surface area contributed by atoms with Crippen molar-refractivity contribution in [3.8, 4) is 0 Å². The number of carbonyl (C=O) groups excluding carboxylic acids is 2. The van der Waals surface area contributed by atoms with Crippen LogP contribution < -0.4 is 9.62 Å². The molecule has 0 heterocycles. The van der Waals surface area contributed by atoms with Gasteiger partial charge in [-0.3, -0.25) is 13.9 Å². The van der Waals surface area contributed by atoms with Gasteiger partial charge >= 0.3 is 0 Å². The number of nitrogens with one attached hydrogen (secondary N) is 1. The molecule has 0 radical (unpaired) electrons. The highest BCUT2D eigenvalue weighted by atomic mass is 32.2. The maximum Gasteiger partial charge on any atom is 0.244 e. The average Bonchev–Trinajstić information content (AvgIpc) is 2.86. The SMILES string of the molecule is CNC(=O)C(Cc1ccccc1)N(Cc1ccccc1C)C(=O)CN(c1ccc(F)c(F)c1)S(C)(=O)=O. The van der Waals surface area contributed by atoms with Crippen LogP contribution in [0.5, 0.6) is 0 Å². The minimum atomic E-state index is -4.07. The van der Waals surface area contributed by atoms with Crippen LogP contribution in [0.4, 0.5) is 14.5 Å². The summed E-state index contributed by atoms with van der Waals surface area (Å²) in [6.07, 6.45) is 1.05. The van der Waals surface area contributed by atoms with Crippen LogP contribution >= 0.6 is 0 Å². The van der Waals surface area contributed by atoms with Gasteiger partial charge in [0, 0.05) is 26.1 Å². The summed E-state index contributed by atoms with van der Waals surface area (Å²) in [6.45, 7) is 1.19. The zero-order valence-electron chi connectivity index (χ0n) is 20.8. The van der Waals surface area contributed by atoms with Crippen LogP contribution in [0, 0.1) is 18.6 Å². The van der Waals surface area contributed by atoms with Gasteiger partial charge in [-0.1, -0.05) is 54.6 Å². The molecule has 0 fully saturated rings. The molecule has 1 unspecified atom stereocenters. The number of sulfonamides is 1. The van der Waals surface area contributed by atoms with Gasteiger partial charge in [0.15, 0.2) is 11.6 Å². The van der Waals surface area contributed by atoms with Crippen molar-refractivity contribution >= 4 is 27.5 Å². The molecule has 0 aliphatic rings. The number of benzene rings is 3. The summed E-state index contributed by atoms with van der Waals surface area (Å²) in [5.41, 5.74) is 2.26. The third-order valence-corrected chi connectivity index (χ3v) is 7.13. The number of hydrogen-bond acceptors (Lipinski definition) is 4. The number of hydrogen-bond donors (Lipinski definition) is 1. The Labute approximate surface area is 215 Å². The van der Waals surface area contributed by atoms with Crippen molar-refractivity contribution in [3.63, 3.8) is 0 Å². The van der Waals surface area contributed by atoms with E-state index in [1.165, 1.54) is 11.9 Å². The fraction of sp³-hybridized carbons (Fsp3) is 0.259. The Kier molecular flexibility index (Phi) is 8.99. The van der Waals surface area contributed by atoms with E-state index in [-0.39, 0.29) is 18.7 Å². The number of nitrogens with zero attached hydrogens (tertiary/aromatic N) is 2. The molecule has 196 valence electrons. The minimum Gasteiger partial charge on any atom is -0.357 e. The predicted octanol–water partition coefficient (Wildman–Crippen LogP) is 3.43. The van der Waals surface area contributed by atoms with Crippen LogP contribution in [0.3, 0.4) is 0 Å². The van der Waals surface area contributed by atoms with Crippen molar-refractivity contribution in [3.05, 3.63) is 101 Å². The highest BCUT2D eigenvalue weighted by Crippen LogP contribution is 2.23. The fourth-order valence-electron chi connectivity index (χ4n) is 3.95. The molecule has 2 amide bonds. The number of aryl methyl sites for hydroxylation is 1. The van der Waals surface area contributed by atoms with Gasteiger partial charge in [0.2, 0.25) is 21.8 Å². The van der Waals surface area contributed by atoms with Crippen molar-refractivity contribution in [2.75, 3.05) is 24.2 Å². The molecule has 10 heteroatoms. The zero-order chi connectivity index (χ0) is 27.2. The van der Waals surface area contributed by atoms with E-state index in [2.05, 4.69) is 5.32 Å². The normalized spacial score (nSPS) is 12.0. The second-order valence-corrected chi connectivity index (χ2v) is 10.5. The summed E-state index contributed by atoms with van der Waals surface area (Å²) < 4.78 is 53.4. The topological polar surface area (TPSA) is 86.8 Å². The second-order valence-electron chi connectivity index (χ2n) is 8.64. The van der Waals surface area contributed by atoms with Gasteiger partial charge in [0.25, 0.3) is 0 Å². The Morgan fingerprint density at radius 2 is 1.59 bits per heavy atom. The highest BCUT2D eigenvalue weighted by molar-refractivity contribution is 7.92. The largest absolute Gasteiger partial charge is 0.357 e. The summed E-state index contributed by atoms with van der Waals surface area (Å²) in [6, 6.07) is 18.1. The summed E-state index contributed by atoms with van der Waals surface area (Å²) in [4.78, 5) is 28.1.